The Hall–Kier alpha value is -0.280. The molecule has 12 heavy (non-hydrogen) atoms. The minimum absolute atomic E-state index is 0.428. The molecule has 66 valence electrons. The van der Waals surface area contributed by atoms with Crippen LogP contribution in [0.1, 0.15) is 11.5 Å². The van der Waals surface area contributed by atoms with Gasteiger partial charge < -0.3 is 5.73 Å². The molecule has 1 nitrogen and oxygen atoms in total. The Morgan fingerprint density at radius 1 is 1.08 bits per heavy atom. The highest BCUT2D eigenvalue weighted by molar-refractivity contribution is 7.81. The fourth-order valence-corrected chi connectivity index (χ4v) is 1.92. The number of hydrogen-bond donors (Lipinski definition) is 3. The van der Waals surface area contributed by atoms with Gasteiger partial charge in [0.1, 0.15) is 0 Å². The third-order valence-corrected chi connectivity index (χ3v) is 2.73. The van der Waals surface area contributed by atoms with Crippen molar-refractivity contribution >= 4 is 30.9 Å². The molecule has 1 aromatic rings. The number of thiol groups is 2. The van der Waals surface area contributed by atoms with E-state index in [1.807, 2.05) is 24.3 Å². The van der Waals surface area contributed by atoms with E-state index in [4.69, 9.17) is 5.73 Å². The Morgan fingerprint density at radius 2 is 1.58 bits per heavy atom. The van der Waals surface area contributed by atoms with Gasteiger partial charge in [-0.3, -0.25) is 0 Å². The molecule has 0 aliphatic rings. The van der Waals surface area contributed by atoms with E-state index in [0.717, 1.165) is 17.2 Å². The molecule has 0 fully saturated rings. The van der Waals surface area contributed by atoms with Crippen molar-refractivity contribution in [3.63, 3.8) is 0 Å². The smallest absolute Gasteiger partial charge is 0.0314 e. The summed E-state index contributed by atoms with van der Waals surface area (Å²) in [6.45, 7) is 0. The first-order valence-corrected chi connectivity index (χ1v) is 5.11. The van der Waals surface area contributed by atoms with Crippen LogP contribution in [-0.2, 0) is 0 Å². The number of benzene rings is 1. The number of anilines is 1. The summed E-state index contributed by atoms with van der Waals surface area (Å²) in [4.78, 5) is 0. The number of rotatable bonds is 3. The Bertz CT molecular complexity index is 229. The van der Waals surface area contributed by atoms with Gasteiger partial charge in [-0.25, -0.2) is 0 Å². The summed E-state index contributed by atoms with van der Waals surface area (Å²) < 4.78 is 0. The first kappa shape index (κ1) is 9.81. The average Bonchev–Trinajstić information content (AvgIpc) is 2.10. The van der Waals surface area contributed by atoms with Crippen LogP contribution in [0.5, 0.6) is 0 Å². The summed E-state index contributed by atoms with van der Waals surface area (Å²) in [5.74, 6) is 2.08. The second-order valence-electron chi connectivity index (χ2n) is 2.73. The molecular formula is C9H13NS2. The van der Waals surface area contributed by atoms with Crippen LogP contribution in [0.4, 0.5) is 5.69 Å². The lowest BCUT2D eigenvalue weighted by Gasteiger charge is -2.11. The third kappa shape index (κ3) is 2.35. The predicted octanol–water partition coefficient (Wildman–Crippen LogP) is 2.21. The second-order valence-corrected chi connectivity index (χ2v) is 3.46. The topological polar surface area (TPSA) is 26.0 Å². The Labute approximate surface area is 84.2 Å². The highest BCUT2D eigenvalue weighted by Crippen LogP contribution is 2.19. The molecule has 0 aromatic heterocycles. The van der Waals surface area contributed by atoms with Gasteiger partial charge in [0, 0.05) is 11.6 Å². The van der Waals surface area contributed by atoms with Crippen molar-refractivity contribution in [1.29, 1.82) is 0 Å². The zero-order chi connectivity index (χ0) is 8.97. The first-order chi connectivity index (χ1) is 5.77. The molecule has 0 saturated heterocycles. The molecule has 2 N–H and O–H groups in total. The van der Waals surface area contributed by atoms with Gasteiger partial charge in [-0.05, 0) is 29.2 Å². The van der Waals surface area contributed by atoms with Gasteiger partial charge in [0.15, 0.2) is 0 Å². The standard InChI is InChI=1S/C9H13NS2/c10-9-3-1-7(2-4-9)8(5-11)6-12/h1-4,8,11-12H,5-6,10H2. The maximum absolute atomic E-state index is 5.57. The van der Waals surface area contributed by atoms with E-state index in [-0.39, 0.29) is 0 Å². The molecule has 0 heterocycles. The highest BCUT2D eigenvalue weighted by atomic mass is 32.1. The number of nitrogens with two attached hydrogens (primary N) is 1. The molecule has 0 bridgehead atoms. The van der Waals surface area contributed by atoms with Crippen molar-refractivity contribution < 1.29 is 0 Å². The van der Waals surface area contributed by atoms with Crippen molar-refractivity contribution in [2.75, 3.05) is 17.2 Å². The van der Waals surface area contributed by atoms with Gasteiger partial charge in [-0.2, -0.15) is 25.3 Å². The van der Waals surface area contributed by atoms with E-state index in [9.17, 15) is 0 Å². The van der Waals surface area contributed by atoms with Gasteiger partial charge in [-0.1, -0.05) is 12.1 Å². The summed E-state index contributed by atoms with van der Waals surface area (Å²) in [5.41, 5.74) is 7.63. The fraction of sp³-hybridized carbons (Fsp3) is 0.333. The minimum Gasteiger partial charge on any atom is -0.399 e. The number of hydrogen-bond acceptors (Lipinski definition) is 3. The summed E-state index contributed by atoms with van der Waals surface area (Å²) in [5, 5.41) is 0. The lowest BCUT2D eigenvalue weighted by molar-refractivity contribution is 0.902. The predicted molar refractivity (Wildman–Crippen MR) is 61.3 cm³/mol. The molecule has 3 heteroatoms. The van der Waals surface area contributed by atoms with E-state index < -0.39 is 0 Å². The lowest BCUT2D eigenvalue weighted by Crippen LogP contribution is -2.02. The molecule has 0 saturated carbocycles. The molecular weight excluding hydrogens is 186 g/mol. The molecule has 0 spiro atoms. The fourth-order valence-electron chi connectivity index (χ4n) is 1.04. The molecule has 0 unspecified atom stereocenters. The van der Waals surface area contributed by atoms with Crippen molar-refractivity contribution in [3.8, 4) is 0 Å². The van der Waals surface area contributed by atoms with Crippen LogP contribution in [0.2, 0.25) is 0 Å². The lowest BCUT2D eigenvalue weighted by atomic mass is 10.0. The van der Waals surface area contributed by atoms with Gasteiger partial charge in [0.25, 0.3) is 0 Å². The molecule has 1 rings (SSSR count). The Kier molecular flexibility index (Phi) is 3.82. The van der Waals surface area contributed by atoms with Crippen LogP contribution in [-0.4, -0.2) is 11.5 Å². The first-order valence-electron chi connectivity index (χ1n) is 3.85. The second kappa shape index (κ2) is 4.67. The summed E-state index contributed by atoms with van der Waals surface area (Å²) in [6, 6.07) is 7.89. The van der Waals surface area contributed by atoms with E-state index in [1.165, 1.54) is 5.56 Å². The molecule has 0 aliphatic carbocycles. The summed E-state index contributed by atoms with van der Waals surface area (Å²) >= 11 is 8.51. The average molecular weight is 199 g/mol. The highest BCUT2D eigenvalue weighted by Gasteiger charge is 2.06. The van der Waals surface area contributed by atoms with Crippen molar-refractivity contribution in [3.05, 3.63) is 29.8 Å². The SMILES string of the molecule is Nc1ccc(C(CS)CS)cc1. The van der Waals surface area contributed by atoms with Crippen LogP contribution in [0.3, 0.4) is 0 Å². The Balaban J connectivity index is 2.80. The van der Waals surface area contributed by atoms with Gasteiger partial charge in [0.05, 0.1) is 0 Å². The van der Waals surface area contributed by atoms with Gasteiger partial charge >= 0.3 is 0 Å². The van der Waals surface area contributed by atoms with Crippen molar-refractivity contribution in [2.24, 2.45) is 0 Å². The molecule has 0 aliphatic heterocycles. The zero-order valence-corrected chi connectivity index (χ0v) is 8.56. The van der Waals surface area contributed by atoms with E-state index in [0.29, 0.717) is 5.92 Å². The van der Waals surface area contributed by atoms with E-state index >= 15 is 0 Å². The van der Waals surface area contributed by atoms with E-state index in [2.05, 4.69) is 25.3 Å². The molecule has 0 amide bonds. The molecule has 0 atom stereocenters. The maximum atomic E-state index is 5.57. The monoisotopic (exact) mass is 199 g/mol. The van der Waals surface area contributed by atoms with Crippen LogP contribution < -0.4 is 5.73 Å². The van der Waals surface area contributed by atoms with Crippen molar-refractivity contribution in [1.82, 2.24) is 0 Å². The van der Waals surface area contributed by atoms with Gasteiger partial charge in [-0.15, -0.1) is 0 Å². The molecule has 0 radical (unpaired) electrons. The maximum Gasteiger partial charge on any atom is 0.0314 e. The zero-order valence-electron chi connectivity index (χ0n) is 6.77. The Morgan fingerprint density at radius 3 is 2.00 bits per heavy atom. The van der Waals surface area contributed by atoms with Crippen molar-refractivity contribution in [2.45, 2.75) is 5.92 Å². The largest absolute Gasteiger partial charge is 0.399 e. The van der Waals surface area contributed by atoms with Crippen LogP contribution in [0.15, 0.2) is 24.3 Å². The van der Waals surface area contributed by atoms with Crippen LogP contribution in [0, 0.1) is 0 Å². The van der Waals surface area contributed by atoms with Crippen LogP contribution in [0.25, 0.3) is 0 Å². The number of nitrogen functional groups attached to an aromatic ring is 1. The summed E-state index contributed by atoms with van der Waals surface area (Å²) in [7, 11) is 0. The normalized spacial score (nSPS) is 10.6. The quantitative estimate of drug-likeness (QED) is 0.505. The minimum atomic E-state index is 0.428. The van der Waals surface area contributed by atoms with Crippen LogP contribution >= 0.6 is 25.3 Å². The van der Waals surface area contributed by atoms with Gasteiger partial charge in [0.2, 0.25) is 0 Å². The third-order valence-electron chi connectivity index (χ3n) is 1.85. The van der Waals surface area contributed by atoms with E-state index in [1.54, 1.807) is 0 Å². The summed E-state index contributed by atoms with van der Waals surface area (Å²) in [6.07, 6.45) is 0. The molecule has 1 aromatic carbocycles.